The van der Waals surface area contributed by atoms with Gasteiger partial charge in [0.25, 0.3) is 0 Å². The summed E-state index contributed by atoms with van der Waals surface area (Å²) in [5, 5.41) is 3.75. The molecule has 0 aliphatic heterocycles. The van der Waals surface area contributed by atoms with Crippen LogP contribution >= 0.6 is 15.9 Å². The van der Waals surface area contributed by atoms with Gasteiger partial charge in [0.2, 0.25) is 0 Å². The normalized spacial score (nSPS) is 11.9. The summed E-state index contributed by atoms with van der Waals surface area (Å²) in [4.78, 5) is 17.7. The molecule has 1 N–H and O–H groups in total. The fraction of sp³-hybridized carbons (Fsp3) is 0.333. The fourth-order valence-corrected chi connectivity index (χ4v) is 5.15. The first-order valence-electron chi connectivity index (χ1n) is 12.4. The van der Waals surface area contributed by atoms with Gasteiger partial charge in [0.15, 0.2) is 11.5 Å². The van der Waals surface area contributed by atoms with Crippen LogP contribution in [0.5, 0.6) is 17.2 Å². The maximum atomic E-state index is 12.8. The van der Waals surface area contributed by atoms with E-state index in [1.807, 2.05) is 34.9 Å². The number of fused-ring (bicyclic) bond motifs is 1. The lowest BCUT2D eigenvalue weighted by Gasteiger charge is -2.34. The Morgan fingerprint density at radius 3 is 2.29 bits per heavy atom. The van der Waals surface area contributed by atoms with Gasteiger partial charge in [-0.1, -0.05) is 20.8 Å². The summed E-state index contributed by atoms with van der Waals surface area (Å²) < 4.78 is 19.5. The highest BCUT2D eigenvalue weighted by Crippen LogP contribution is 2.38. The standard InChI is InChI=1S/C30H34BrN3O4/c1-29(2,3)18-30(4,5)33-27-26(32-25-15-11-21(31)17-34(25)27)20-10-14-23(24(16-20)37-7)38-28(35)19-8-12-22(36-6)13-9-19/h8-17,33H,18H2,1-7H3. The summed E-state index contributed by atoms with van der Waals surface area (Å²) in [5.74, 6) is 1.81. The largest absolute Gasteiger partial charge is 0.497 e. The van der Waals surface area contributed by atoms with Crippen molar-refractivity contribution in [3.05, 3.63) is 70.8 Å². The van der Waals surface area contributed by atoms with E-state index in [4.69, 9.17) is 19.2 Å². The Bertz CT molecular complexity index is 1450. The molecule has 0 radical (unpaired) electrons. The Kier molecular flexibility index (Phi) is 7.74. The number of esters is 1. The maximum absolute atomic E-state index is 12.8. The summed E-state index contributed by atoms with van der Waals surface area (Å²) in [6.45, 7) is 11.1. The molecule has 0 saturated carbocycles. The van der Waals surface area contributed by atoms with Crippen molar-refractivity contribution in [3.8, 4) is 28.5 Å². The smallest absolute Gasteiger partial charge is 0.343 e. The van der Waals surface area contributed by atoms with E-state index in [0.29, 0.717) is 22.8 Å². The Balaban J connectivity index is 1.71. The first kappa shape index (κ1) is 27.5. The zero-order valence-electron chi connectivity index (χ0n) is 22.9. The third kappa shape index (κ3) is 6.30. The SMILES string of the molecule is COc1ccc(C(=O)Oc2ccc(-c3nc4ccc(Br)cn4c3NC(C)(C)CC(C)(C)C)cc2OC)cc1. The van der Waals surface area contributed by atoms with Gasteiger partial charge in [0.1, 0.15) is 22.9 Å². The summed E-state index contributed by atoms with van der Waals surface area (Å²) in [6.07, 6.45) is 2.95. The molecule has 2 heterocycles. The molecule has 4 aromatic rings. The number of methoxy groups -OCH3 is 2. The predicted molar refractivity (Wildman–Crippen MR) is 155 cm³/mol. The lowest BCUT2D eigenvalue weighted by molar-refractivity contribution is 0.0729. The van der Waals surface area contributed by atoms with Gasteiger partial charge in [0.05, 0.1) is 19.8 Å². The summed E-state index contributed by atoms with van der Waals surface area (Å²) >= 11 is 3.59. The number of carbonyl (C=O) groups excluding carboxylic acids is 1. The first-order chi connectivity index (χ1) is 17.9. The van der Waals surface area contributed by atoms with E-state index in [9.17, 15) is 4.79 Å². The van der Waals surface area contributed by atoms with Crippen molar-refractivity contribution in [2.24, 2.45) is 5.41 Å². The Morgan fingerprint density at radius 1 is 0.947 bits per heavy atom. The number of hydrogen-bond acceptors (Lipinski definition) is 6. The number of pyridine rings is 1. The molecule has 38 heavy (non-hydrogen) atoms. The number of carbonyl (C=O) groups is 1. The minimum atomic E-state index is -0.484. The van der Waals surface area contributed by atoms with Crippen LogP contribution in [0.3, 0.4) is 0 Å². The van der Waals surface area contributed by atoms with Gasteiger partial charge in [-0.15, -0.1) is 0 Å². The highest BCUT2D eigenvalue weighted by Gasteiger charge is 2.28. The van der Waals surface area contributed by atoms with Gasteiger partial charge in [-0.3, -0.25) is 4.40 Å². The van der Waals surface area contributed by atoms with E-state index in [0.717, 1.165) is 33.6 Å². The number of benzene rings is 2. The van der Waals surface area contributed by atoms with Gasteiger partial charge < -0.3 is 19.5 Å². The van der Waals surface area contributed by atoms with Crippen LogP contribution in [0, 0.1) is 5.41 Å². The van der Waals surface area contributed by atoms with E-state index in [1.54, 1.807) is 44.6 Å². The molecule has 0 unspecified atom stereocenters. The number of nitrogens with zero attached hydrogens (tertiary/aromatic N) is 2. The molecule has 2 aromatic carbocycles. The molecular weight excluding hydrogens is 546 g/mol. The number of ether oxygens (including phenoxy) is 3. The molecule has 0 amide bonds. The van der Waals surface area contributed by atoms with Crippen molar-refractivity contribution in [1.29, 1.82) is 0 Å². The van der Waals surface area contributed by atoms with E-state index >= 15 is 0 Å². The summed E-state index contributed by atoms with van der Waals surface area (Å²) in [7, 11) is 3.13. The minimum absolute atomic E-state index is 0.135. The molecule has 0 bridgehead atoms. The third-order valence-corrected chi connectivity index (χ3v) is 6.45. The third-order valence-electron chi connectivity index (χ3n) is 5.98. The molecule has 2 aromatic heterocycles. The molecule has 0 spiro atoms. The molecule has 0 aliphatic rings. The monoisotopic (exact) mass is 579 g/mol. The van der Waals surface area contributed by atoms with Gasteiger partial charge in [0, 0.05) is 21.8 Å². The van der Waals surface area contributed by atoms with Crippen LogP contribution in [-0.4, -0.2) is 35.1 Å². The predicted octanol–water partition coefficient (Wildman–Crippen LogP) is 7.63. The van der Waals surface area contributed by atoms with Crippen molar-refractivity contribution in [3.63, 3.8) is 0 Å². The van der Waals surface area contributed by atoms with Crippen LogP contribution in [0.1, 0.15) is 51.4 Å². The highest BCUT2D eigenvalue weighted by molar-refractivity contribution is 9.10. The topological polar surface area (TPSA) is 74.1 Å². The molecule has 0 aliphatic carbocycles. The van der Waals surface area contributed by atoms with Crippen molar-refractivity contribution >= 4 is 33.4 Å². The van der Waals surface area contributed by atoms with Crippen LogP contribution in [-0.2, 0) is 0 Å². The second kappa shape index (κ2) is 10.7. The molecule has 200 valence electrons. The molecular formula is C30H34BrN3O4. The number of nitrogens with one attached hydrogen (secondary N) is 1. The van der Waals surface area contributed by atoms with E-state index < -0.39 is 5.97 Å². The molecule has 0 fully saturated rings. The Labute approximate surface area is 232 Å². The number of anilines is 1. The summed E-state index contributed by atoms with van der Waals surface area (Å²) in [6, 6.07) is 16.2. The number of aromatic nitrogens is 2. The number of hydrogen-bond donors (Lipinski definition) is 1. The summed E-state index contributed by atoms with van der Waals surface area (Å²) in [5.41, 5.74) is 2.76. The fourth-order valence-electron chi connectivity index (χ4n) is 4.82. The Morgan fingerprint density at radius 2 is 1.66 bits per heavy atom. The maximum Gasteiger partial charge on any atom is 0.343 e. The molecule has 0 atom stereocenters. The van der Waals surface area contributed by atoms with Crippen molar-refractivity contribution < 1.29 is 19.0 Å². The van der Waals surface area contributed by atoms with Crippen LogP contribution in [0.25, 0.3) is 16.9 Å². The van der Waals surface area contributed by atoms with Crippen LogP contribution < -0.4 is 19.5 Å². The second-order valence-electron chi connectivity index (χ2n) is 11.1. The zero-order chi connectivity index (χ0) is 27.7. The van der Waals surface area contributed by atoms with E-state index in [2.05, 4.69) is 55.9 Å². The zero-order valence-corrected chi connectivity index (χ0v) is 24.5. The van der Waals surface area contributed by atoms with Gasteiger partial charge in [-0.2, -0.15) is 0 Å². The number of halogens is 1. The van der Waals surface area contributed by atoms with E-state index in [1.165, 1.54) is 0 Å². The first-order valence-corrected chi connectivity index (χ1v) is 13.2. The second-order valence-corrected chi connectivity index (χ2v) is 12.0. The highest BCUT2D eigenvalue weighted by atomic mass is 79.9. The van der Waals surface area contributed by atoms with Gasteiger partial charge in [-0.25, -0.2) is 9.78 Å². The average Bonchev–Trinajstić information content (AvgIpc) is 3.19. The van der Waals surface area contributed by atoms with Crippen LogP contribution in [0.4, 0.5) is 5.82 Å². The average molecular weight is 581 g/mol. The van der Waals surface area contributed by atoms with Crippen LogP contribution in [0.15, 0.2) is 65.3 Å². The lowest BCUT2D eigenvalue weighted by atomic mass is 9.82. The van der Waals surface area contributed by atoms with Crippen molar-refractivity contribution in [2.45, 2.75) is 46.6 Å². The quantitative estimate of drug-likeness (QED) is 0.171. The Hall–Kier alpha value is -3.52. The molecule has 4 rings (SSSR count). The number of imidazole rings is 1. The van der Waals surface area contributed by atoms with Crippen LogP contribution in [0.2, 0.25) is 0 Å². The number of rotatable bonds is 8. The van der Waals surface area contributed by atoms with Crippen molar-refractivity contribution in [1.82, 2.24) is 9.38 Å². The molecule has 8 heteroatoms. The lowest BCUT2D eigenvalue weighted by Crippen LogP contribution is -2.36. The van der Waals surface area contributed by atoms with Gasteiger partial charge >= 0.3 is 5.97 Å². The van der Waals surface area contributed by atoms with Gasteiger partial charge in [-0.05, 0) is 96.2 Å². The van der Waals surface area contributed by atoms with E-state index in [-0.39, 0.29) is 11.0 Å². The minimum Gasteiger partial charge on any atom is -0.497 e. The van der Waals surface area contributed by atoms with Crippen molar-refractivity contribution in [2.75, 3.05) is 19.5 Å². The molecule has 0 saturated heterocycles. The molecule has 7 nitrogen and oxygen atoms in total.